The predicted molar refractivity (Wildman–Crippen MR) is 91.1 cm³/mol. The Bertz CT molecular complexity index is 859. The zero-order chi connectivity index (χ0) is 17.9. The monoisotopic (exact) mass is 368 g/mol. The van der Waals surface area contributed by atoms with Crippen LogP contribution in [0.2, 0.25) is 5.02 Å². The lowest BCUT2D eigenvalue weighted by atomic mass is 10.0. The largest absolute Gasteiger partial charge is 0.465 e. The molecular formula is C17H17ClO5S. The lowest BCUT2D eigenvalue weighted by Gasteiger charge is -2.11. The van der Waals surface area contributed by atoms with E-state index < -0.39 is 16.1 Å². The second-order valence-electron chi connectivity index (χ2n) is 5.40. The Kier molecular flexibility index (Phi) is 5.51. The molecule has 2 rings (SSSR count). The number of benzene rings is 2. The van der Waals surface area contributed by atoms with Gasteiger partial charge in [-0.2, -0.15) is 8.42 Å². The number of halogens is 1. The summed E-state index contributed by atoms with van der Waals surface area (Å²) < 4.78 is 34.6. The molecule has 0 saturated carbocycles. The van der Waals surface area contributed by atoms with Crippen LogP contribution in [0.1, 0.15) is 35.7 Å². The highest BCUT2D eigenvalue weighted by molar-refractivity contribution is 7.87. The zero-order valence-corrected chi connectivity index (χ0v) is 15.0. The number of hydrogen-bond donors (Lipinski definition) is 0. The number of carbonyl (C=O) groups is 1. The third-order valence-corrected chi connectivity index (χ3v) is 5.08. The molecule has 24 heavy (non-hydrogen) atoms. The van der Waals surface area contributed by atoms with Crippen LogP contribution < -0.4 is 4.18 Å². The average Bonchev–Trinajstić information content (AvgIpc) is 2.53. The van der Waals surface area contributed by atoms with Crippen molar-refractivity contribution < 1.29 is 22.1 Å². The maximum absolute atomic E-state index is 12.4. The fourth-order valence-corrected chi connectivity index (χ4v) is 3.49. The first-order valence-electron chi connectivity index (χ1n) is 7.17. The third kappa shape index (κ3) is 4.07. The molecule has 0 aliphatic rings. The van der Waals surface area contributed by atoms with E-state index in [1.807, 2.05) is 19.9 Å². The Morgan fingerprint density at radius 3 is 2.42 bits per heavy atom. The topological polar surface area (TPSA) is 69.7 Å². The van der Waals surface area contributed by atoms with Crippen LogP contribution in [0.5, 0.6) is 5.75 Å². The molecule has 0 unspecified atom stereocenters. The third-order valence-electron chi connectivity index (χ3n) is 3.35. The number of methoxy groups -OCH3 is 1. The van der Waals surface area contributed by atoms with Gasteiger partial charge in [0.25, 0.3) is 0 Å². The molecular weight excluding hydrogens is 352 g/mol. The van der Waals surface area contributed by atoms with Crippen LogP contribution in [-0.4, -0.2) is 21.5 Å². The maximum atomic E-state index is 12.4. The van der Waals surface area contributed by atoms with Gasteiger partial charge in [0.1, 0.15) is 10.6 Å². The van der Waals surface area contributed by atoms with Gasteiger partial charge < -0.3 is 8.92 Å². The van der Waals surface area contributed by atoms with Crippen LogP contribution in [0.15, 0.2) is 47.4 Å². The summed E-state index contributed by atoms with van der Waals surface area (Å²) in [4.78, 5) is 11.2. The maximum Gasteiger partial charge on any atom is 0.340 e. The highest BCUT2D eigenvalue weighted by Gasteiger charge is 2.22. The van der Waals surface area contributed by atoms with Crippen molar-refractivity contribution in [2.45, 2.75) is 24.7 Å². The van der Waals surface area contributed by atoms with Crippen LogP contribution in [0.3, 0.4) is 0 Å². The molecule has 0 amide bonds. The molecule has 0 spiro atoms. The molecule has 7 heteroatoms. The van der Waals surface area contributed by atoms with E-state index in [2.05, 4.69) is 4.74 Å². The summed E-state index contributed by atoms with van der Waals surface area (Å²) in [6.45, 7) is 3.99. The summed E-state index contributed by atoms with van der Waals surface area (Å²) in [5.41, 5.74) is 1.11. The molecule has 0 heterocycles. The predicted octanol–water partition coefficient (Wildman–Crippen LogP) is 4.02. The van der Waals surface area contributed by atoms with Gasteiger partial charge in [-0.15, -0.1) is 0 Å². The van der Waals surface area contributed by atoms with E-state index >= 15 is 0 Å². The number of esters is 1. The number of ether oxygens (including phenoxy) is 1. The Labute approximate surface area is 146 Å². The lowest BCUT2D eigenvalue weighted by Crippen LogP contribution is -2.11. The first-order valence-corrected chi connectivity index (χ1v) is 8.95. The minimum atomic E-state index is -4.12. The van der Waals surface area contributed by atoms with Crippen molar-refractivity contribution in [3.05, 3.63) is 58.6 Å². The van der Waals surface area contributed by atoms with Crippen molar-refractivity contribution in [1.82, 2.24) is 0 Å². The number of rotatable bonds is 5. The minimum absolute atomic E-state index is 0.113. The highest BCUT2D eigenvalue weighted by atomic mass is 35.5. The summed E-state index contributed by atoms with van der Waals surface area (Å²) >= 11 is 6.00. The Balaban J connectivity index is 2.34. The molecule has 128 valence electrons. The quantitative estimate of drug-likeness (QED) is 0.589. The Hall–Kier alpha value is -2.05. The van der Waals surface area contributed by atoms with Gasteiger partial charge in [0, 0.05) is 0 Å². The van der Waals surface area contributed by atoms with Crippen LogP contribution in [0.25, 0.3) is 0 Å². The van der Waals surface area contributed by atoms with E-state index in [9.17, 15) is 13.2 Å². The molecule has 0 N–H and O–H groups in total. The van der Waals surface area contributed by atoms with Crippen molar-refractivity contribution in [3.8, 4) is 5.75 Å². The average molecular weight is 369 g/mol. The second kappa shape index (κ2) is 7.23. The molecule has 2 aromatic rings. The van der Waals surface area contributed by atoms with E-state index in [0.29, 0.717) is 0 Å². The van der Waals surface area contributed by atoms with Gasteiger partial charge in [-0.1, -0.05) is 37.6 Å². The highest BCUT2D eigenvalue weighted by Crippen LogP contribution is 2.28. The molecule has 0 aliphatic heterocycles. The van der Waals surface area contributed by atoms with Gasteiger partial charge >= 0.3 is 16.1 Å². The van der Waals surface area contributed by atoms with Crippen LogP contribution >= 0.6 is 11.6 Å². The summed E-state index contributed by atoms with van der Waals surface area (Å²) in [6, 6.07) is 10.6. The number of hydrogen-bond acceptors (Lipinski definition) is 5. The Morgan fingerprint density at radius 2 is 1.83 bits per heavy atom. The van der Waals surface area contributed by atoms with Crippen molar-refractivity contribution in [1.29, 1.82) is 0 Å². The van der Waals surface area contributed by atoms with Gasteiger partial charge in [-0.25, -0.2) is 4.79 Å². The molecule has 0 fully saturated rings. The van der Waals surface area contributed by atoms with E-state index in [4.69, 9.17) is 15.8 Å². The van der Waals surface area contributed by atoms with Crippen molar-refractivity contribution in [3.63, 3.8) is 0 Å². The summed E-state index contributed by atoms with van der Waals surface area (Å²) in [5.74, 6) is -0.167. The van der Waals surface area contributed by atoms with Crippen LogP contribution in [0.4, 0.5) is 0 Å². The lowest BCUT2D eigenvalue weighted by molar-refractivity contribution is 0.0600. The van der Waals surface area contributed by atoms with Gasteiger partial charge in [0.05, 0.1) is 17.7 Å². The van der Waals surface area contributed by atoms with E-state index in [0.717, 1.165) is 5.56 Å². The Morgan fingerprint density at radius 1 is 1.12 bits per heavy atom. The molecule has 0 radical (unpaired) electrons. The first kappa shape index (κ1) is 18.3. The SMILES string of the molecule is COC(=O)c1ccc(S(=O)(=O)Oc2cccc(C(C)C)c2)c(Cl)c1. The molecule has 0 aromatic heterocycles. The van der Waals surface area contributed by atoms with Crippen LogP contribution in [0, 0.1) is 0 Å². The summed E-state index contributed by atoms with van der Waals surface area (Å²) in [6.07, 6.45) is 0. The van der Waals surface area contributed by atoms with Gasteiger partial charge in [0.2, 0.25) is 0 Å². The van der Waals surface area contributed by atoms with Crippen LogP contribution in [-0.2, 0) is 14.9 Å². The molecule has 0 atom stereocenters. The summed E-state index contributed by atoms with van der Waals surface area (Å²) in [5, 5.41) is -0.113. The zero-order valence-electron chi connectivity index (χ0n) is 13.4. The molecule has 0 saturated heterocycles. The van der Waals surface area contributed by atoms with E-state index in [-0.39, 0.29) is 27.1 Å². The molecule has 0 bridgehead atoms. The summed E-state index contributed by atoms with van der Waals surface area (Å²) in [7, 11) is -2.89. The molecule has 5 nitrogen and oxygen atoms in total. The van der Waals surface area contributed by atoms with E-state index in [1.54, 1.807) is 18.2 Å². The van der Waals surface area contributed by atoms with Crippen molar-refractivity contribution in [2.75, 3.05) is 7.11 Å². The van der Waals surface area contributed by atoms with Gasteiger partial charge in [-0.05, 0) is 41.8 Å². The molecule has 2 aromatic carbocycles. The normalized spacial score (nSPS) is 11.4. The van der Waals surface area contributed by atoms with E-state index in [1.165, 1.54) is 25.3 Å². The van der Waals surface area contributed by atoms with Crippen molar-refractivity contribution in [2.24, 2.45) is 0 Å². The fourth-order valence-electron chi connectivity index (χ4n) is 2.05. The van der Waals surface area contributed by atoms with Crippen molar-refractivity contribution >= 4 is 27.7 Å². The smallest absolute Gasteiger partial charge is 0.340 e. The minimum Gasteiger partial charge on any atom is -0.465 e. The van der Waals surface area contributed by atoms with Gasteiger partial charge in [0.15, 0.2) is 0 Å². The fraction of sp³-hybridized carbons (Fsp3) is 0.235. The standard InChI is InChI=1S/C17H17ClO5S/c1-11(2)12-5-4-6-14(9-12)23-24(20,21)16-8-7-13(10-15(16)18)17(19)22-3/h4-11H,1-3H3. The number of carbonyl (C=O) groups excluding carboxylic acids is 1. The van der Waals surface area contributed by atoms with Gasteiger partial charge in [-0.3, -0.25) is 0 Å². The first-order chi connectivity index (χ1) is 11.2. The molecule has 0 aliphatic carbocycles. The second-order valence-corrected chi connectivity index (χ2v) is 7.32.